The number of benzene rings is 2. The highest BCUT2D eigenvalue weighted by Gasteiger charge is 2.19. The Morgan fingerprint density at radius 1 is 1.24 bits per heavy atom. The molecular formula is C17H19NO3. The van der Waals surface area contributed by atoms with Crippen LogP contribution < -0.4 is 4.90 Å². The number of phenolic OH excluding ortho intramolecular Hbond substituents is 1. The zero-order valence-corrected chi connectivity index (χ0v) is 12.5. The van der Waals surface area contributed by atoms with Gasteiger partial charge in [-0.1, -0.05) is 30.3 Å². The Kier molecular flexibility index (Phi) is 4.48. The van der Waals surface area contributed by atoms with Crippen LogP contribution in [0.15, 0.2) is 42.5 Å². The van der Waals surface area contributed by atoms with Crippen LogP contribution in [0.3, 0.4) is 0 Å². The van der Waals surface area contributed by atoms with Crippen molar-refractivity contribution < 1.29 is 14.6 Å². The van der Waals surface area contributed by atoms with Crippen LogP contribution in [-0.4, -0.2) is 25.2 Å². The molecule has 21 heavy (non-hydrogen) atoms. The van der Waals surface area contributed by atoms with Gasteiger partial charge in [-0.25, -0.2) is 4.79 Å². The number of carbonyl (C=O) groups is 1. The predicted molar refractivity (Wildman–Crippen MR) is 82.7 cm³/mol. The Labute approximate surface area is 124 Å². The molecular weight excluding hydrogens is 266 g/mol. The predicted octanol–water partition coefficient (Wildman–Crippen LogP) is 3.12. The lowest BCUT2D eigenvalue weighted by atomic mass is 10.0. The zero-order chi connectivity index (χ0) is 15.4. The number of aromatic hydroxyl groups is 1. The number of methoxy groups -OCH3 is 1. The molecule has 4 heteroatoms. The third kappa shape index (κ3) is 3.34. The molecule has 0 aliphatic heterocycles. The molecule has 2 aromatic carbocycles. The van der Waals surface area contributed by atoms with E-state index >= 15 is 0 Å². The fourth-order valence-corrected chi connectivity index (χ4v) is 2.36. The summed E-state index contributed by atoms with van der Waals surface area (Å²) in [5.41, 5.74) is 2.95. The third-order valence-electron chi connectivity index (χ3n) is 3.36. The maximum Gasteiger partial charge on any atom is 0.340 e. The van der Waals surface area contributed by atoms with Gasteiger partial charge in [0, 0.05) is 19.7 Å². The number of hydrogen-bond donors (Lipinski definition) is 1. The van der Waals surface area contributed by atoms with Crippen molar-refractivity contribution in [2.45, 2.75) is 13.5 Å². The van der Waals surface area contributed by atoms with Gasteiger partial charge in [0.05, 0.1) is 18.4 Å². The van der Waals surface area contributed by atoms with Gasteiger partial charge in [-0.3, -0.25) is 0 Å². The van der Waals surface area contributed by atoms with Crippen LogP contribution in [0.4, 0.5) is 5.69 Å². The minimum absolute atomic E-state index is 0.134. The van der Waals surface area contributed by atoms with Gasteiger partial charge in [0.15, 0.2) is 0 Å². The summed E-state index contributed by atoms with van der Waals surface area (Å²) in [6.07, 6.45) is 0. The summed E-state index contributed by atoms with van der Waals surface area (Å²) in [7, 11) is 3.24. The van der Waals surface area contributed by atoms with E-state index in [0.717, 1.165) is 5.56 Å². The Morgan fingerprint density at radius 3 is 2.52 bits per heavy atom. The lowest BCUT2D eigenvalue weighted by Crippen LogP contribution is -2.20. The number of ether oxygens (including phenoxy) is 1. The van der Waals surface area contributed by atoms with Gasteiger partial charge in [0.1, 0.15) is 5.75 Å². The molecule has 110 valence electrons. The molecule has 0 bridgehead atoms. The SMILES string of the molecule is COC(=O)c1c(C)cc(O)cc1N(C)Cc1ccccc1. The molecule has 0 saturated heterocycles. The van der Waals surface area contributed by atoms with E-state index in [1.807, 2.05) is 42.3 Å². The first-order valence-electron chi connectivity index (χ1n) is 6.70. The molecule has 0 aromatic heterocycles. The van der Waals surface area contributed by atoms with E-state index in [4.69, 9.17) is 4.74 Å². The fraction of sp³-hybridized carbons (Fsp3) is 0.235. The summed E-state index contributed by atoms with van der Waals surface area (Å²) in [4.78, 5) is 13.9. The molecule has 0 saturated carbocycles. The average molecular weight is 285 g/mol. The van der Waals surface area contributed by atoms with E-state index in [1.54, 1.807) is 19.1 Å². The van der Waals surface area contributed by atoms with Gasteiger partial charge in [0.25, 0.3) is 0 Å². The van der Waals surface area contributed by atoms with Gasteiger partial charge in [-0.2, -0.15) is 0 Å². The van der Waals surface area contributed by atoms with Crippen LogP contribution >= 0.6 is 0 Å². The Hall–Kier alpha value is -2.49. The lowest BCUT2D eigenvalue weighted by molar-refractivity contribution is 0.0600. The topological polar surface area (TPSA) is 49.8 Å². The Balaban J connectivity index is 2.39. The van der Waals surface area contributed by atoms with Gasteiger partial charge in [-0.05, 0) is 24.1 Å². The molecule has 0 radical (unpaired) electrons. The minimum atomic E-state index is -0.401. The fourth-order valence-electron chi connectivity index (χ4n) is 2.36. The van der Waals surface area contributed by atoms with Crippen molar-refractivity contribution in [2.75, 3.05) is 19.1 Å². The van der Waals surface area contributed by atoms with Crippen LogP contribution in [0, 0.1) is 6.92 Å². The third-order valence-corrected chi connectivity index (χ3v) is 3.36. The molecule has 4 nitrogen and oxygen atoms in total. The van der Waals surface area contributed by atoms with Crippen molar-refractivity contribution in [3.63, 3.8) is 0 Å². The van der Waals surface area contributed by atoms with Crippen molar-refractivity contribution >= 4 is 11.7 Å². The monoisotopic (exact) mass is 285 g/mol. The summed E-state index contributed by atoms with van der Waals surface area (Å²) in [6, 6.07) is 13.1. The largest absolute Gasteiger partial charge is 0.508 e. The summed E-state index contributed by atoms with van der Waals surface area (Å²) in [5.74, 6) is -0.266. The van der Waals surface area contributed by atoms with Crippen LogP contribution in [0.25, 0.3) is 0 Å². The van der Waals surface area contributed by atoms with Crippen molar-refractivity contribution in [1.29, 1.82) is 0 Å². The summed E-state index contributed by atoms with van der Waals surface area (Å²) < 4.78 is 4.85. The molecule has 0 atom stereocenters. The summed E-state index contributed by atoms with van der Waals surface area (Å²) in [5, 5.41) is 9.81. The molecule has 0 aliphatic carbocycles. The number of rotatable bonds is 4. The summed E-state index contributed by atoms with van der Waals surface area (Å²) in [6.45, 7) is 2.42. The highest BCUT2D eigenvalue weighted by Crippen LogP contribution is 2.29. The van der Waals surface area contributed by atoms with E-state index < -0.39 is 5.97 Å². The molecule has 0 aliphatic rings. The number of carbonyl (C=O) groups excluding carboxylic acids is 1. The lowest BCUT2D eigenvalue weighted by Gasteiger charge is -2.23. The van der Waals surface area contributed by atoms with Gasteiger partial charge < -0.3 is 14.7 Å². The van der Waals surface area contributed by atoms with Gasteiger partial charge >= 0.3 is 5.97 Å². The molecule has 2 rings (SSSR count). The molecule has 0 fully saturated rings. The van der Waals surface area contributed by atoms with E-state index in [1.165, 1.54) is 7.11 Å². The second kappa shape index (κ2) is 6.31. The van der Waals surface area contributed by atoms with Crippen molar-refractivity contribution in [1.82, 2.24) is 0 Å². The minimum Gasteiger partial charge on any atom is -0.508 e. The summed E-state index contributed by atoms with van der Waals surface area (Å²) >= 11 is 0. The first-order valence-corrected chi connectivity index (χ1v) is 6.70. The normalized spacial score (nSPS) is 10.2. The number of hydrogen-bond acceptors (Lipinski definition) is 4. The second-order valence-electron chi connectivity index (χ2n) is 4.99. The quantitative estimate of drug-likeness (QED) is 0.877. The van der Waals surface area contributed by atoms with Gasteiger partial charge in [0.2, 0.25) is 0 Å². The van der Waals surface area contributed by atoms with E-state index in [9.17, 15) is 9.90 Å². The number of nitrogens with zero attached hydrogens (tertiary/aromatic N) is 1. The molecule has 0 heterocycles. The highest BCUT2D eigenvalue weighted by atomic mass is 16.5. The maximum atomic E-state index is 12.0. The van der Waals surface area contributed by atoms with Gasteiger partial charge in [-0.15, -0.1) is 0 Å². The zero-order valence-electron chi connectivity index (χ0n) is 12.5. The van der Waals surface area contributed by atoms with Crippen molar-refractivity contribution in [3.8, 4) is 5.75 Å². The molecule has 2 aromatic rings. The number of esters is 1. The smallest absolute Gasteiger partial charge is 0.340 e. The standard InChI is InChI=1S/C17H19NO3/c1-12-9-14(19)10-15(16(12)17(20)21-3)18(2)11-13-7-5-4-6-8-13/h4-10,19H,11H2,1-3H3. The van der Waals surface area contributed by atoms with E-state index in [-0.39, 0.29) is 5.75 Å². The van der Waals surface area contributed by atoms with Crippen LogP contribution in [-0.2, 0) is 11.3 Å². The van der Waals surface area contributed by atoms with Crippen molar-refractivity contribution in [3.05, 3.63) is 59.2 Å². The molecule has 0 amide bonds. The second-order valence-corrected chi connectivity index (χ2v) is 4.99. The highest BCUT2D eigenvalue weighted by molar-refractivity contribution is 5.97. The van der Waals surface area contributed by atoms with Crippen molar-refractivity contribution in [2.24, 2.45) is 0 Å². The Morgan fingerprint density at radius 2 is 1.90 bits per heavy atom. The van der Waals surface area contributed by atoms with E-state index in [2.05, 4.69) is 0 Å². The first kappa shape index (κ1) is 14.9. The van der Waals surface area contributed by atoms with Crippen LogP contribution in [0.1, 0.15) is 21.5 Å². The maximum absolute atomic E-state index is 12.0. The molecule has 0 unspecified atom stereocenters. The number of anilines is 1. The molecule has 1 N–H and O–H groups in total. The number of phenols is 1. The van der Waals surface area contributed by atoms with Crippen LogP contribution in [0.5, 0.6) is 5.75 Å². The average Bonchev–Trinajstić information content (AvgIpc) is 2.46. The number of aryl methyl sites for hydroxylation is 1. The van der Waals surface area contributed by atoms with E-state index in [0.29, 0.717) is 23.4 Å². The Bertz CT molecular complexity index is 638. The molecule has 0 spiro atoms. The van der Waals surface area contributed by atoms with Crippen LogP contribution in [0.2, 0.25) is 0 Å². The first-order chi connectivity index (χ1) is 10.0.